The molecule has 0 spiro atoms. The standard InChI is InChI=1S/C18H24FN7/c1-6-26(17(20-3)14-8-7-9-16(19)24-14)11-10-21-15-12-22-13(2)23-18(15)25(4)5/h7-10,12H,6,11H2,1-5H3. The Morgan fingerprint density at radius 1 is 1.27 bits per heavy atom. The summed E-state index contributed by atoms with van der Waals surface area (Å²) in [4.78, 5) is 25.2. The first-order valence-corrected chi connectivity index (χ1v) is 8.34. The van der Waals surface area contributed by atoms with E-state index in [0.29, 0.717) is 36.1 Å². The number of pyridine rings is 1. The van der Waals surface area contributed by atoms with E-state index in [1.807, 2.05) is 37.7 Å². The van der Waals surface area contributed by atoms with Gasteiger partial charge in [0.15, 0.2) is 5.82 Å². The van der Waals surface area contributed by atoms with Gasteiger partial charge in [-0.2, -0.15) is 4.39 Å². The molecule has 0 radical (unpaired) electrons. The monoisotopic (exact) mass is 357 g/mol. The van der Waals surface area contributed by atoms with Crippen molar-refractivity contribution in [1.82, 2.24) is 19.9 Å². The van der Waals surface area contributed by atoms with Gasteiger partial charge in [-0.05, 0) is 26.0 Å². The van der Waals surface area contributed by atoms with Crippen molar-refractivity contribution in [2.45, 2.75) is 13.8 Å². The minimum atomic E-state index is -0.527. The second-order valence-electron chi connectivity index (χ2n) is 5.76. The molecule has 8 heteroatoms. The molecule has 0 saturated carbocycles. The van der Waals surface area contributed by atoms with Gasteiger partial charge in [0.25, 0.3) is 0 Å². The van der Waals surface area contributed by atoms with Crippen LogP contribution in [0.25, 0.3) is 0 Å². The van der Waals surface area contributed by atoms with Crippen molar-refractivity contribution in [2.24, 2.45) is 9.98 Å². The van der Waals surface area contributed by atoms with Crippen molar-refractivity contribution < 1.29 is 4.39 Å². The third kappa shape index (κ3) is 4.81. The van der Waals surface area contributed by atoms with Gasteiger partial charge < -0.3 is 9.80 Å². The van der Waals surface area contributed by atoms with Crippen LogP contribution in [0.15, 0.2) is 34.4 Å². The summed E-state index contributed by atoms with van der Waals surface area (Å²) in [6, 6.07) is 4.68. The van der Waals surface area contributed by atoms with Crippen molar-refractivity contribution in [3.05, 3.63) is 41.9 Å². The van der Waals surface area contributed by atoms with Gasteiger partial charge in [-0.3, -0.25) is 9.98 Å². The molecule has 2 aromatic heterocycles. The van der Waals surface area contributed by atoms with Crippen molar-refractivity contribution in [2.75, 3.05) is 39.1 Å². The first-order chi connectivity index (χ1) is 12.5. The van der Waals surface area contributed by atoms with E-state index >= 15 is 0 Å². The van der Waals surface area contributed by atoms with Crippen molar-refractivity contribution in [3.63, 3.8) is 0 Å². The third-order valence-corrected chi connectivity index (χ3v) is 3.66. The Bertz CT molecular complexity index is 802. The van der Waals surface area contributed by atoms with Crippen LogP contribution in [-0.2, 0) is 0 Å². The second-order valence-corrected chi connectivity index (χ2v) is 5.76. The highest BCUT2D eigenvalue weighted by atomic mass is 19.1. The fraction of sp³-hybridized carbons (Fsp3) is 0.389. The van der Waals surface area contributed by atoms with Gasteiger partial charge in [0.2, 0.25) is 5.95 Å². The predicted octanol–water partition coefficient (Wildman–Crippen LogP) is 2.49. The number of hydrogen-bond donors (Lipinski definition) is 0. The Labute approximate surface area is 153 Å². The number of halogens is 1. The predicted molar refractivity (Wildman–Crippen MR) is 103 cm³/mol. The zero-order valence-electron chi connectivity index (χ0n) is 15.8. The van der Waals surface area contributed by atoms with E-state index in [4.69, 9.17) is 0 Å². The van der Waals surface area contributed by atoms with E-state index in [9.17, 15) is 4.39 Å². The molecule has 0 aromatic carbocycles. The van der Waals surface area contributed by atoms with Gasteiger partial charge in [0, 0.05) is 33.9 Å². The van der Waals surface area contributed by atoms with E-state index in [1.165, 1.54) is 6.07 Å². The van der Waals surface area contributed by atoms with Crippen LogP contribution >= 0.6 is 0 Å². The number of rotatable bonds is 6. The van der Waals surface area contributed by atoms with Crippen LogP contribution in [0.1, 0.15) is 18.4 Å². The van der Waals surface area contributed by atoms with Gasteiger partial charge in [-0.15, -0.1) is 0 Å². The van der Waals surface area contributed by atoms with E-state index in [0.717, 1.165) is 5.82 Å². The average molecular weight is 357 g/mol. The molecule has 0 atom stereocenters. The highest BCUT2D eigenvalue weighted by molar-refractivity contribution is 5.98. The third-order valence-electron chi connectivity index (χ3n) is 3.66. The minimum Gasteiger partial charge on any atom is -0.361 e. The van der Waals surface area contributed by atoms with E-state index in [2.05, 4.69) is 24.9 Å². The van der Waals surface area contributed by atoms with Crippen LogP contribution in [0.3, 0.4) is 0 Å². The molecule has 0 unspecified atom stereocenters. The largest absolute Gasteiger partial charge is 0.361 e. The molecule has 0 bridgehead atoms. The number of nitrogens with zero attached hydrogens (tertiary/aromatic N) is 7. The number of aliphatic imine (C=N–C) groups is 2. The number of aromatic nitrogens is 3. The van der Waals surface area contributed by atoms with Crippen LogP contribution in [-0.4, -0.2) is 66.1 Å². The molecule has 2 rings (SSSR count). The molecule has 2 heterocycles. The van der Waals surface area contributed by atoms with Crippen LogP contribution in [0.4, 0.5) is 15.9 Å². The zero-order valence-corrected chi connectivity index (χ0v) is 15.8. The summed E-state index contributed by atoms with van der Waals surface area (Å²) < 4.78 is 13.4. The lowest BCUT2D eigenvalue weighted by Crippen LogP contribution is -2.34. The molecule has 0 aliphatic heterocycles. The summed E-state index contributed by atoms with van der Waals surface area (Å²) in [5, 5.41) is 0. The minimum absolute atomic E-state index is 0.496. The smallest absolute Gasteiger partial charge is 0.213 e. The van der Waals surface area contributed by atoms with Crippen molar-refractivity contribution in [3.8, 4) is 0 Å². The van der Waals surface area contributed by atoms with Gasteiger partial charge in [-0.1, -0.05) is 6.07 Å². The van der Waals surface area contributed by atoms with Crippen LogP contribution in [0.5, 0.6) is 0 Å². The van der Waals surface area contributed by atoms with Crippen molar-refractivity contribution >= 4 is 23.6 Å². The Hall–Kier alpha value is -2.90. The topological polar surface area (TPSA) is 69.9 Å². The number of amidine groups is 1. The summed E-state index contributed by atoms with van der Waals surface area (Å²) in [5.41, 5.74) is 1.19. The van der Waals surface area contributed by atoms with Gasteiger partial charge in [0.05, 0.1) is 12.7 Å². The molecule has 2 aromatic rings. The second kappa shape index (κ2) is 8.98. The van der Waals surface area contributed by atoms with E-state index in [-0.39, 0.29) is 0 Å². The van der Waals surface area contributed by atoms with Gasteiger partial charge >= 0.3 is 0 Å². The van der Waals surface area contributed by atoms with Gasteiger partial charge in [0.1, 0.15) is 23.0 Å². The fourth-order valence-corrected chi connectivity index (χ4v) is 2.43. The first kappa shape index (κ1) is 19.4. The van der Waals surface area contributed by atoms with E-state index < -0.39 is 5.95 Å². The normalized spacial score (nSPS) is 11.8. The molecule has 0 N–H and O–H groups in total. The average Bonchev–Trinajstić information content (AvgIpc) is 2.62. The maximum Gasteiger partial charge on any atom is 0.213 e. The van der Waals surface area contributed by atoms with Crippen LogP contribution in [0.2, 0.25) is 0 Å². The fourth-order valence-electron chi connectivity index (χ4n) is 2.43. The molecule has 0 amide bonds. The summed E-state index contributed by atoms with van der Waals surface area (Å²) >= 11 is 0. The first-order valence-electron chi connectivity index (χ1n) is 8.34. The van der Waals surface area contributed by atoms with Crippen LogP contribution in [0, 0.1) is 12.9 Å². The summed E-state index contributed by atoms with van der Waals surface area (Å²) in [6.45, 7) is 5.03. The zero-order chi connectivity index (χ0) is 19.1. The maximum atomic E-state index is 13.4. The lowest BCUT2D eigenvalue weighted by atomic mass is 10.3. The number of anilines is 1. The summed E-state index contributed by atoms with van der Waals surface area (Å²) in [5.74, 6) is 1.54. The number of hydrogen-bond acceptors (Lipinski definition) is 6. The van der Waals surface area contributed by atoms with Crippen LogP contribution < -0.4 is 4.90 Å². The van der Waals surface area contributed by atoms with E-state index in [1.54, 1.807) is 31.6 Å². The highest BCUT2D eigenvalue weighted by Crippen LogP contribution is 2.23. The Kier molecular flexibility index (Phi) is 6.71. The van der Waals surface area contributed by atoms with Gasteiger partial charge in [-0.25, -0.2) is 15.0 Å². The molecule has 0 aliphatic rings. The lowest BCUT2D eigenvalue weighted by molar-refractivity contribution is 0.501. The summed E-state index contributed by atoms with van der Waals surface area (Å²) in [7, 11) is 5.49. The molecular formula is C18H24FN7. The quantitative estimate of drug-likeness (QED) is 0.451. The lowest BCUT2D eigenvalue weighted by Gasteiger charge is -2.22. The Morgan fingerprint density at radius 3 is 2.65 bits per heavy atom. The molecule has 0 saturated heterocycles. The molecule has 26 heavy (non-hydrogen) atoms. The Morgan fingerprint density at radius 2 is 2.04 bits per heavy atom. The molecule has 0 fully saturated rings. The molecule has 0 aliphatic carbocycles. The molecule has 7 nitrogen and oxygen atoms in total. The maximum absolute atomic E-state index is 13.4. The Balaban J connectivity index is 2.19. The molecular weight excluding hydrogens is 333 g/mol. The molecule has 138 valence electrons. The number of aryl methyl sites for hydroxylation is 1. The SMILES string of the molecule is CCN(CC=Nc1cnc(C)nc1N(C)C)C(=NC)c1cccc(F)n1. The summed E-state index contributed by atoms with van der Waals surface area (Å²) in [6.07, 6.45) is 3.47. The van der Waals surface area contributed by atoms with Crippen molar-refractivity contribution in [1.29, 1.82) is 0 Å². The highest BCUT2D eigenvalue weighted by Gasteiger charge is 2.13.